The first-order chi connectivity index (χ1) is 8.19. The Morgan fingerprint density at radius 1 is 1.35 bits per heavy atom. The first-order valence-corrected chi connectivity index (χ1v) is 7.14. The van der Waals surface area contributed by atoms with Crippen LogP contribution in [0.1, 0.15) is 40.0 Å². The van der Waals surface area contributed by atoms with Gasteiger partial charge in [0, 0.05) is 25.7 Å². The summed E-state index contributed by atoms with van der Waals surface area (Å²) < 4.78 is 5.39. The fraction of sp³-hybridized carbons (Fsp3) is 1.00. The number of hydrogen-bond acceptors (Lipinski definition) is 3. The number of rotatable bonds is 10. The van der Waals surface area contributed by atoms with E-state index in [1.54, 1.807) is 0 Å². The molecule has 1 unspecified atom stereocenters. The van der Waals surface area contributed by atoms with Gasteiger partial charge in [-0.25, -0.2) is 0 Å². The summed E-state index contributed by atoms with van der Waals surface area (Å²) in [5.41, 5.74) is 0. The van der Waals surface area contributed by atoms with Gasteiger partial charge in [-0.15, -0.1) is 0 Å². The fourth-order valence-electron chi connectivity index (χ4n) is 2.25. The number of hydrogen-bond donors (Lipinski definition) is 1. The van der Waals surface area contributed by atoms with Crippen molar-refractivity contribution in [3.05, 3.63) is 0 Å². The largest absolute Gasteiger partial charge is 0.383 e. The number of ether oxygens (including phenoxy) is 1. The van der Waals surface area contributed by atoms with E-state index in [1.807, 2.05) is 7.11 Å². The Labute approximate surface area is 107 Å². The highest BCUT2D eigenvalue weighted by molar-refractivity contribution is 4.89. The predicted octanol–water partition coefficient (Wildman–Crippen LogP) is 2.12. The third-order valence-corrected chi connectivity index (χ3v) is 3.44. The van der Waals surface area contributed by atoms with Crippen molar-refractivity contribution in [2.24, 2.45) is 5.92 Å². The highest BCUT2D eigenvalue weighted by Gasteiger charge is 2.33. The Morgan fingerprint density at radius 2 is 2.06 bits per heavy atom. The molecule has 1 N–H and O–H groups in total. The molecule has 1 aliphatic rings. The van der Waals surface area contributed by atoms with Gasteiger partial charge in [-0.2, -0.15) is 0 Å². The van der Waals surface area contributed by atoms with E-state index >= 15 is 0 Å². The van der Waals surface area contributed by atoms with Crippen LogP contribution in [-0.4, -0.2) is 50.3 Å². The molecule has 0 aliphatic heterocycles. The van der Waals surface area contributed by atoms with Crippen LogP contribution in [0.25, 0.3) is 0 Å². The molecular weight excluding hydrogens is 212 g/mol. The SMILES string of the molecule is CCNCC(COC)N(CCC(C)C)C1CC1. The third-order valence-electron chi connectivity index (χ3n) is 3.44. The molecule has 0 aromatic heterocycles. The third kappa shape index (κ3) is 5.84. The highest BCUT2D eigenvalue weighted by Crippen LogP contribution is 2.29. The topological polar surface area (TPSA) is 24.5 Å². The standard InChI is InChI=1S/C14H30N2O/c1-5-15-10-14(11-17-4)16(13-6-7-13)9-8-12(2)3/h12-15H,5-11H2,1-4H3. The Hall–Kier alpha value is -0.120. The van der Waals surface area contributed by atoms with Gasteiger partial charge >= 0.3 is 0 Å². The second-order valence-corrected chi connectivity index (χ2v) is 5.57. The zero-order valence-corrected chi connectivity index (χ0v) is 12.0. The van der Waals surface area contributed by atoms with E-state index in [-0.39, 0.29) is 0 Å². The lowest BCUT2D eigenvalue weighted by Gasteiger charge is -2.32. The summed E-state index contributed by atoms with van der Waals surface area (Å²) in [6.45, 7) is 11.0. The second kappa shape index (κ2) is 8.06. The van der Waals surface area contributed by atoms with Gasteiger partial charge in [-0.05, 0) is 38.3 Å². The minimum atomic E-state index is 0.547. The molecule has 102 valence electrons. The zero-order chi connectivity index (χ0) is 12.7. The average Bonchev–Trinajstić information content (AvgIpc) is 3.09. The van der Waals surface area contributed by atoms with Gasteiger partial charge in [0.25, 0.3) is 0 Å². The monoisotopic (exact) mass is 242 g/mol. The van der Waals surface area contributed by atoms with Crippen molar-refractivity contribution in [1.82, 2.24) is 10.2 Å². The van der Waals surface area contributed by atoms with Crippen molar-refractivity contribution in [1.29, 1.82) is 0 Å². The summed E-state index contributed by atoms with van der Waals surface area (Å²) in [7, 11) is 1.81. The van der Waals surface area contributed by atoms with Gasteiger partial charge in [-0.1, -0.05) is 20.8 Å². The van der Waals surface area contributed by atoms with E-state index in [1.165, 1.54) is 25.8 Å². The van der Waals surface area contributed by atoms with E-state index in [0.717, 1.165) is 31.7 Å². The molecule has 1 atom stereocenters. The summed E-state index contributed by atoms with van der Waals surface area (Å²) in [5.74, 6) is 0.790. The normalized spacial score (nSPS) is 18.0. The molecule has 0 heterocycles. The van der Waals surface area contributed by atoms with Gasteiger partial charge in [0.15, 0.2) is 0 Å². The van der Waals surface area contributed by atoms with Crippen LogP contribution in [0.2, 0.25) is 0 Å². The highest BCUT2D eigenvalue weighted by atomic mass is 16.5. The lowest BCUT2D eigenvalue weighted by molar-refractivity contribution is 0.0808. The van der Waals surface area contributed by atoms with Gasteiger partial charge in [0.2, 0.25) is 0 Å². The summed E-state index contributed by atoms with van der Waals surface area (Å²) in [6.07, 6.45) is 4.05. The quantitative estimate of drug-likeness (QED) is 0.635. The van der Waals surface area contributed by atoms with E-state index in [9.17, 15) is 0 Å². The number of nitrogens with one attached hydrogen (secondary N) is 1. The van der Waals surface area contributed by atoms with Crippen LogP contribution in [0.3, 0.4) is 0 Å². The molecule has 1 saturated carbocycles. The molecular formula is C14H30N2O. The molecule has 17 heavy (non-hydrogen) atoms. The number of methoxy groups -OCH3 is 1. The molecule has 0 aromatic rings. The lowest BCUT2D eigenvalue weighted by Crippen LogP contribution is -2.47. The van der Waals surface area contributed by atoms with Crippen molar-refractivity contribution in [2.45, 2.75) is 52.1 Å². The Balaban J connectivity index is 2.44. The first kappa shape index (κ1) is 14.9. The van der Waals surface area contributed by atoms with Crippen LogP contribution in [0.4, 0.5) is 0 Å². The molecule has 0 bridgehead atoms. The fourth-order valence-corrected chi connectivity index (χ4v) is 2.25. The average molecular weight is 242 g/mol. The van der Waals surface area contributed by atoms with Crippen LogP contribution in [0.5, 0.6) is 0 Å². The van der Waals surface area contributed by atoms with Crippen LogP contribution < -0.4 is 5.32 Å². The molecule has 0 aromatic carbocycles. The molecule has 3 heteroatoms. The predicted molar refractivity (Wildman–Crippen MR) is 73.4 cm³/mol. The van der Waals surface area contributed by atoms with Gasteiger partial charge in [0.1, 0.15) is 0 Å². The first-order valence-electron chi connectivity index (χ1n) is 7.14. The summed E-state index contributed by atoms with van der Waals surface area (Å²) >= 11 is 0. The van der Waals surface area contributed by atoms with Crippen molar-refractivity contribution in [2.75, 3.05) is 33.4 Å². The molecule has 1 aliphatic carbocycles. The van der Waals surface area contributed by atoms with Gasteiger partial charge < -0.3 is 10.1 Å². The molecule has 0 spiro atoms. The minimum Gasteiger partial charge on any atom is -0.383 e. The van der Waals surface area contributed by atoms with Crippen LogP contribution in [0.15, 0.2) is 0 Å². The Kier molecular flexibility index (Phi) is 7.09. The molecule has 0 amide bonds. The van der Waals surface area contributed by atoms with Crippen molar-refractivity contribution >= 4 is 0 Å². The summed E-state index contributed by atoms with van der Waals surface area (Å²) in [6, 6.07) is 1.37. The van der Waals surface area contributed by atoms with E-state index in [2.05, 4.69) is 31.0 Å². The van der Waals surface area contributed by atoms with E-state index in [0.29, 0.717) is 6.04 Å². The maximum Gasteiger partial charge on any atom is 0.0630 e. The van der Waals surface area contributed by atoms with Crippen molar-refractivity contribution in [3.63, 3.8) is 0 Å². The van der Waals surface area contributed by atoms with Crippen LogP contribution >= 0.6 is 0 Å². The Morgan fingerprint density at radius 3 is 2.53 bits per heavy atom. The van der Waals surface area contributed by atoms with E-state index < -0.39 is 0 Å². The maximum absolute atomic E-state index is 5.39. The molecule has 0 radical (unpaired) electrons. The second-order valence-electron chi connectivity index (χ2n) is 5.57. The van der Waals surface area contributed by atoms with Crippen molar-refractivity contribution in [3.8, 4) is 0 Å². The van der Waals surface area contributed by atoms with Gasteiger partial charge in [-0.3, -0.25) is 4.90 Å². The smallest absolute Gasteiger partial charge is 0.0630 e. The molecule has 0 saturated heterocycles. The molecule has 1 rings (SSSR count). The lowest BCUT2D eigenvalue weighted by atomic mass is 10.1. The summed E-state index contributed by atoms with van der Waals surface area (Å²) in [4.78, 5) is 2.67. The molecule has 1 fully saturated rings. The zero-order valence-electron chi connectivity index (χ0n) is 12.0. The van der Waals surface area contributed by atoms with Crippen molar-refractivity contribution < 1.29 is 4.74 Å². The number of likely N-dealkylation sites (N-methyl/N-ethyl adjacent to an activating group) is 1. The Bertz CT molecular complexity index is 193. The molecule has 3 nitrogen and oxygen atoms in total. The maximum atomic E-state index is 5.39. The van der Waals surface area contributed by atoms with Crippen LogP contribution in [0, 0.1) is 5.92 Å². The van der Waals surface area contributed by atoms with Crippen LogP contribution in [-0.2, 0) is 4.74 Å². The van der Waals surface area contributed by atoms with E-state index in [4.69, 9.17) is 4.74 Å². The minimum absolute atomic E-state index is 0.547. The van der Waals surface area contributed by atoms with Gasteiger partial charge in [0.05, 0.1) is 6.61 Å². The summed E-state index contributed by atoms with van der Waals surface area (Å²) in [5, 5.41) is 3.46. The number of nitrogens with zero attached hydrogens (tertiary/aromatic N) is 1.